The Morgan fingerprint density at radius 3 is 2.65 bits per heavy atom. The van der Waals surface area contributed by atoms with Gasteiger partial charge in [0.05, 0.1) is 16.4 Å². The standard InChI is InChI=1S/C14H15N5O6S/c1-17(9-6-7-26(24,25)8-9)13-12(14(20)21)15-18(16-13)10-4-2-3-5-11(10)19(22)23/h2-5,9H,6-8H2,1H3,(H,20,21). The number of hydrogen-bond donors (Lipinski definition) is 1. The van der Waals surface area contributed by atoms with Crippen molar-refractivity contribution in [2.75, 3.05) is 23.5 Å². The SMILES string of the molecule is CN(c1nn(-c2ccccc2[N+](=O)[O-])nc1C(=O)O)C1CCS(=O)(=O)C1. The van der Waals surface area contributed by atoms with Gasteiger partial charge in [-0.15, -0.1) is 15.0 Å². The lowest BCUT2D eigenvalue weighted by Gasteiger charge is -2.22. The summed E-state index contributed by atoms with van der Waals surface area (Å²) in [5.41, 5.74) is -0.675. The fourth-order valence-electron chi connectivity index (χ4n) is 2.82. The molecule has 1 unspecified atom stereocenters. The summed E-state index contributed by atoms with van der Waals surface area (Å²) in [6.07, 6.45) is 0.343. The number of carboxylic acids is 1. The number of anilines is 1. The fourth-order valence-corrected chi connectivity index (χ4v) is 4.60. The number of aromatic nitrogens is 3. The highest BCUT2D eigenvalue weighted by Gasteiger charge is 2.34. The highest BCUT2D eigenvalue weighted by atomic mass is 32.2. The van der Waals surface area contributed by atoms with Crippen LogP contribution in [0.15, 0.2) is 24.3 Å². The molecule has 0 amide bonds. The van der Waals surface area contributed by atoms with Gasteiger partial charge >= 0.3 is 5.97 Å². The molecule has 26 heavy (non-hydrogen) atoms. The molecule has 1 fully saturated rings. The third-order valence-corrected chi connectivity index (χ3v) is 5.93. The van der Waals surface area contributed by atoms with E-state index < -0.39 is 32.5 Å². The Hall–Kier alpha value is -3.02. The molecule has 0 spiro atoms. The van der Waals surface area contributed by atoms with Crippen molar-refractivity contribution in [1.82, 2.24) is 15.0 Å². The fraction of sp³-hybridized carbons (Fsp3) is 0.357. The van der Waals surface area contributed by atoms with Crippen LogP contribution in [-0.4, -0.2) is 64.0 Å². The first-order valence-electron chi connectivity index (χ1n) is 7.57. The lowest BCUT2D eigenvalue weighted by Crippen LogP contribution is -2.34. The third kappa shape index (κ3) is 3.22. The predicted molar refractivity (Wildman–Crippen MR) is 90.4 cm³/mol. The van der Waals surface area contributed by atoms with Crippen LogP contribution in [0.25, 0.3) is 5.69 Å². The largest absolute Gasteiger partial charge is 0.476 e. The van der Waals surface area contributed by atoms with Crippen LogP contribution in [0.1, 0.15) is 16.9 Å². The Balaban J connectivity index is 2.05. The van der Waals surface area contributed by atoms with Crippen LogP contribution >= 0.6 is 0 Å². The zero-order valence-corrected chi connectivity index (χ0v) is 14.5. The van der Waals surface area contributed by atoms with E-state index in [4.69, 9.17) is 0 Å². The smallest absolute Gasteiger partial charge is 0.360 e. The van der Waals surface area contributed by atoms with E-state index in [2.05, 4.69) is 10.2 Å². The molecule has 1 aromatic carbocycles. The van der Waals surface area contributed by atoms with E-state index in [1.54, 1.807) is 6.07 Å². The van der Waals surface area contributed by atoms with Gasteiger partial charge in [0.25, 0.3) is 5.69 Å². The van der Waals surface area contributed by atoms with Gasteiger partial charge in [0, 0.05) is 19.2 Å². The number of benzene rings is 1. The van der Waals surface area contributed by atoms with Crippen molar-refractivity contribution in [2.24, 2.45) is 0 Å². The van der Waals surface area contributed by atoms with Gasteiger partial charge in [-0.25, -0.2) is 13.2 Å². The highest BCUT2D eigenvalue weighted by molar-refractivity contribution is 7.91. The van der Waals surface area contributed by atoms with E-state index in [-0.39, 0.29) is 28.7 Å². The number of hydrogen-bond acceptors (Lipinski definition) is 8. The van der Waals surface area contributed by atoms with Crippen LogP contribution in [0.3, 0.4) is 0 Å². The number of nitro benzene ring substituents is 1. The van der Waals surface area contributed by atoms with Crippen molar-refractivity contribution in [2.45, 2.75) is 12.5 Å². The Labute approximate surface area is 147 Å². The number of sulfone groups is 1. The molecule has 2 heterocycles. The molecule has 1 atom stereocenters. The molecule has 0 bridgehead atoms. The second-order valence-corrected chi connectivity index (χ2v) is 8.11. The highest BCUT2D eigenvalue weighted by Crippen LogP contribution is 2.27. The average molecular weight is 381 g/mol. The van der Waals surface area contributed by atoms with Gasteiger partial charge in [-0.3, -0.25) is 10.1 Å². The predicted octanol–water partition coefficient (Wildman–Crippen LogP) is 0.497. The van der Waals surface area contributed by atoms with E-state index in [1.165, 1.54) is 30.1 Å². The number of nitrogens with zero attached hydrogens (tertiary/aromatic N) is 5. The molecule has 1 aromatic heterocycles. The monoisotopic (exact) mass is 381 g/mol. The average Bonchev–Trinajstić information content (AvgIpc) is 3.18. The molecular formula is C14H15N5O6S. The zero-order valence-electron chi connectivity index (χ0n) is 13.6. The van der Waals surface area contributed by atoms with Gasteiger partial charge in [-0.1, -0.05) is 12.1 Å². The van der Waals surface area contributed by atoms with Crippen LogP contribution in [0.4, 0.5) is 11.5 Å². The minimum atomic E-state index is -3.18. The number of carboxylic acid groups (broad SMARTS) is 1. The summed E-state index contributed by atoms with van der Waals surface area (Å²) in [6.45, 7) is 0. The molecule has 2 aromatic rings. The Morgan fingerprint density at radius 1 is 1.38 bits per heavy atom. The molecule has 1 aliphatic heterocycles. The summed E-state index contributed by atoms with van der Waals surface area (Å²) in [5, 5.41) is 28.5. The topological polar surface area (TPSA) is 149 Å². The van der Waals surface area contributed by atoms with E-state index in [0.29, 0.717) is 6.42 Å². The van der Waals surface area contributed by atoms with Gasteiger partial charge in [0.15, 0.2) is 21.3 Å². The Morgan fingerprint density at radius 2 is 2.08 bits per heavy atom. The van der Waals surface area contributed by atoms with Crippen LogP contribution < -0.4 is 4.90 Å². The van der Waals surface area contributed by atoms with E-state index in [1.807, 2.05) is 0 Å². The minimum Gasteiger partial charge on any atom is -0.476 e. The summed E-state index contributed by atoms with van der Waals surface area (Å²) in [4.78, 5) is 24.4. The van der Waals surface area contributed by atoms with Crippen LogP contribution in [-0.2, 0) is 9.84 Å². The van der Waals surface area contributed by atoms with Crippen LogP contribution in [0.2, 0.25) is 0 Å². The minimum absolute atomic E-state index is 0.0127. The summed E-state index contributed by atoms with van der Waals surface area (Å²) >= 11 is 0. The quantitative estimate of drug-likeness (QED) is 0.577. The second-order valence-electron chi connectivity index (χ2n) is 5.88. The number of para-hydroxylation sites is 2. The van der Waals surface area contributed by atoms with E-state index >= 15 is 0 Å². The summed E-state index contributed by atoms with van der Waals surface area (Å²) in [5.74, 6) is -1.50. The first-order chi connectivity index (χ1) is 12.2. The van der Waals surface area contributed by atoms with E-state index in [0.717, 1.165) is 4.80 Å². The number of carbonyl (C=O) groups is 1. The van der Waals surface area contributed by atoms with Gasteiger partial charge in [-0.2, -0.15) is 0 Å². The number of nitro groups is 1. The summed E-state index contributed by atoms with van der Waals surface area (Å²) in [6, 6.07) is 5.23. The molecule has 12 heteroatoms. The second kappa shape index (κ2) is 6.37. The van der Waals surface area contributed by atoms with Crippen LogP contribution in [0.5, 0.6) is 0 Å². The zero-order chi connectivity index (χ0) is 19.1. The molecule has 11 nitrogen and oxygen atoms in total. The first-order valence-corrected chi connectivity index (χ1v) is 9.39. The summed E-state index contributed by atoms with van der Waals surface area (Å²) in [7, 11) is -1.64. The molecule has 138 valence electrons. The normalized spacial score (nSPS) is 18.6. The maximum absolute atomic E-state index is 11.7. The first kappa shape index (κ1) is 17.8. The van der Waals surface area contributed by atoms with Crippen molar-refractivity contribution in [3.8, 4) is 5.69 Å². The number of aromatic carboxylic acids is 1. The van der Waals surface area contributed by atoms with Crippen molar-refractivity contribution in [1.29, 1.82) is 0 Å². The Bertz CT molecular complexity index is 985. The van der Waals surface area contributed by atoms with Gasteiger partial charge in [0.1, 0.15) is 0 Å². The molecular weight excluding hydrogens is 366 g/mol. The van der Waals surface area contributed by atoms with Crippen LogP contribution in [0, 0.1) is 10.1 Å². The van der Waals surface area contributed by atoms with Crippen molar-refractivity contribution >= 4 is 27.3 Å². The maximum Gasteiger partial charge on any atom is 0.360 e. The summed E-state index contributed by atoms with van der Waals surface area (Å²) < 4.78 is 23.4. The van der Waals surface area contributed by atoms with Gasteiger partial charge in [-0.05, 0) is 12.5 Å². The lowest BCUT2D eigenvalue weighted by molar-refractivity contribution is -0.384. The number of rotatable bonds is 5. The molecule has 0 radical (unpaired) electrons. The third-order valence-electron chi connectivity index (χ3n) is 4.18. The van der Waals surface area contributed by atoms with Crippen molar-refractivity contribution in [3.05, 3.63) is 40.1 Å². The van der Waals surface area contributed by atoms with Gasteiger partial charge in [0.2, 0.25) is 5.69 Å². The molecule has 3 rings (SSSR count). The van der Waals surface area contributed by atoms with Gasteiger partial charge < -0.3 is 10.0 Å². The lowest BCUT2D eigenvalue weighted by atomic mass is 10.2. The molecule has 1 N–H and O–H groups in total. The van der Waals surface area contributed by atoms with Crippen molar-refractivity contribution < 1.29 is 23.2 Å². The molecule has 1 aliphatic rings. The Kier molecular flexibility index (Phi) is 4.36. The molecule has 0 saturated carbocycles. The maximum atomic E-state index is 11.7. The molecule has 0 aliphatic carbocycles. The van der Waals surface area contributed by atoms with Crippen molar-refractivity contribution in [3.63, 3.8) is 0 Å². The molecule has 1 saturated heterocycles. The van der Waals surface area contributed by atoms with E-state index in [9.17, 15) is 28.4 Å².